The Labute approximate surface area is 175 Å². The second-order valence-corrected chi connectivity index (χ2v) is 6.29. The van der Waals surface area contributed by atoms with Crippen molar-refractivity contribution in [3.8, 4) is 5.75 Å². The van der Waals surface area contributed by atoms with Gasteiger partial charge in [-0.3, -0.25) is 10.1 Å². The number of aliphatic hydroxyl groups excluding tert-OH is 2. The van der Waals surface area contributed by atoms with Crippen LogP contribution in [0.2, 0.25) is 0 Å². The molecule has 2 atom stereocenters. The molecule has 8 nitrogen and oxygen atoms in total. The average Bonchev–Trinajstić information content (AvgIpc) is 2.77. The van der Waals surface area contributed by atoms with E-state index in [9.17, 15) is 14.7 Å². The summed E-state index contributed by atoms with van der Waals surface area (Å²) in [5.41, 5.74) is 0.939. The van der Waals surface area contributed by atoms with Gasteiger partial charge < -0.3 is 24.4 Å². The first-order valence-corrected chi connectivity index (χ1v) is 9.72. The van der Waals surface area contributed by atoms with Crippen molar-refractivity contribution in [1.29, 1.82) is 0 Å². The maximum Gasteiger partial charge on any atom is 0.414 e. The van der Waals surface area contributed by atoms with E-state index in [4.69, 9.17) is 19.3 Å². The van der Waals surface area contributed by atoms with Crippen LogP contribution in [0, 0.1) is 0 Å². The fourth-order valence-electron chi connectivity index (χ4n) is 2.84. The van der Waals surface area contributed by atoms with E-state index in [1.807, 2.05) is 0 Å². The van der Waals surface area contributed by atoms with Crippen LogP contribution in [0.3, 0.4) is 0 Å². The van der Waals surface area contributed by atoms with Crippen LogP contribution in [-0.2, 0) is 9.47 Å². The lowest BCUT2D eigenvalue weighted by Crippen LogP contribution is -2.35. The Bertz CT molecular complexity index is 774. The molecule has 0 radical (unpaired) electrons. The summed E-state index contributed by atoms with van der Waals surface area (Å²) in [6.45, 7) is 2.05. The van der Waals surface area contributed by atoms with Gasteiger partial charge in [0.25, 0.3) is 5.91 Å². The number of carbonyl (C=O) groups is 2. The third kappa shape index (κ3) is 7.14. The predicted octanol–water partition coefficient (Wildman–Crippen LogP) is 2.45. The zero-order chi connectivity index (χ0) is 21.8. The molecular formula is C22H27NO7. The molecule has 0 heterocycles. The van der Waals surface area contributed by atoms with E-state index < -0.39 is 24.2 Å². The zero-order valence-electron chi connectivity index (χ0n) is 16.8. The zero-order valence-corrected chi connectivity index (χ0v) is 16.8. The molecule has 0 spiro atoms. The number of aliphatic hydroxyl groups is 2. The Morgan fingerprint density at radius 3 is 2.30 bits per heavy atom. The first kappa shape index (κ1) is 23.3. The summed E-state index contributed by atoms with van der Waals surface area (Å²) < 4.78 is 16.5. The topological polar surface area (TPSA) is 114 Å². The van der Waals surface area contributed by atoms with Crippen LogP contribution in [-0.4, -0.2) is 54.7 Å². The van der Waals surface area contributed by atoms with Gasteiger partial charge in [-0.1, -0.05) is 30.3 Å². The maximum atomic E-state index is 12.4. The van der Waals surface area contributed by atoms with E-state index in [-0.39, 0.29) is 26.2 Å². The SMILES string of the molecule is CCO[C@@H](CCO)[C@@H](OC(=O)NC(=O)c1ccccc1)c1ccc(OCCO)cc1. The maximum absolute atomic E-state index is 12.4. The van der Waals surface area contributed by atoms with Crippen molar-refractivity contribution in [3.63, 3.8) is 0 Å². The van der Waals surface area contributed by atoms with Crippen molar-refractivity contribution in [1.82, 2.24) is 5.32 Å². The largest absolute Gasteiger partial charge is 0.491 e. The molecule has 0 aliphatic heterocycles. The molecule has 0 fully saturated rings. The fraction of sp³-hybridized carbons (Fsp3) is 0.364. The molecular weight excluding hydrogens is 390 g/mol. The highest BCUT2D eigenvalue weighted by Crippen LogP contribution is 2.28. The molecule has 0 aromatic heterocycles. The summed E-state index contributed by atoms with van der Waals surface area (Å²) in [6, 6.07) is 15.1. The second-order valence-electron chi connectivity index (χ2n) is 6.29. The van der Waals surface area contributed by atoms with Gasteiger partial charge in [0.1, 0.15) is 18.5 Å². The molecule has 2 aromatic rings. The Morgan fingerprint density at radius 1 is 1.00 bits per heavy atom. The Hall–Kier alpha value is -2.94. The standard InChI is InChI=1S/C22H27NO7/c1-2-28-19(12-13-24)20(16-8-10-18(11-9-16)29-15-14-25)30-22(27)23-21(26)17-6-4-3-5-7-17/h3-11,19-20,24-25H,2,12-15H2,1H3,(H,23,26,27)/t19-,20-/m0/s1. The third-order valence-corrected chi connectivity index (χ3v) is 4.19. The summed E-state index contributed by atoms with van der Waals surface area (Å²) in [5.74, 6) is -0.0346. The van der Waals surface area contributed by atoms with Gasteiger partial charge in [0.15, 0.2) is 6.10 Å². The van der Waals surface area contributed by atoms with Crippen LogP contribution >= 0.6 is 0 Å². The van der Waals surface area contributed by atoms with Gasteiger partial charge in [-0.05, 0) is 36.8 Å². The van der Waals surface area contributed by atoms with Crippen LogP contribution in [0.25, 0.3) is 0 Å². The minimum Gasteiger partial charge on any atom is -0.491 e. The molecule has 0 bridgehead atoms. The van der Waals surface area contributed by atoms with E-state index in [1.165, 1.54) is 0 Å². The quantitative estimate of drug-likeness (QED) is 0.514. The number of benzene rings is 2. The van der Waals surface area contributed by atoms with Crippen molar-refractivity contribution in [2.75, 3.05) is 26.4 Å². The monoisotopic (exact) mass is 417 g/mol. The highest BCUT2D eigenvalue weighted by molar-refractivity contribution is 6.02. The number of rotatable bonds is 11. The molecule has 0 unspecified atom stereocenters. The van der Waals surface area contributed by atoms with Gasteiger partial charge in [0.2, 0.25) is 0 Å². The minimum absolute atomic E-state index is 0.105. The fourth-order valence-corrected chi connectivity index (χ4v) is 2.84. The highest BCUT2D eigenvalue weighted by atomic mass is 16.6. The Kier molecular flexibility index (Phi) is 9.79. The summed E-state index contributed by atoms with van der Waals surface area (Å²) >= 11 is 0. The van der Waals surface area contributed by atoms with Gasteiger partial charge in [0.05, 0.1) is 6.61 Å². The van der Waals surface area contributed by atoms with E-state index >= 15 is 0 Å². The summed E-state index contributed by atoms with van der Waals surface area (Å²) in [5, 5.41) is 20.5. The molecule has 8 heteroatoms. The highest BCUT2D eigenvalue weighted by Gasteiger charge is 2.28. The minimum atomic E-state index is -0.919. The van der Waals surface area contributed by atoms with Crippen molar-refractivity contribution >= 4 is 12.0 Å². The van der Waals surface area contributed by atoms with Gasteiger partial charge in [0, 0.05) is 25.2 Å². The van der Waals surface area contributed by atoms with Gasteiger partial charge in [-0.2, -0.15) is 0 Å². The number of nitrogens with one attached hydrogen (secondary N) is 1. The first-order valence-electron chi connectivity index (χ1n) is 9.72. The normalized spacial score (nSPS) is 12.6. The van der Waals surface area contributed by atoms with Crippen LogP contribution in [0.1, 0.15) is 35.4 Å². The Balaban J connectivity index is 2.16. The van der Waals surface area contributed by atoms with Crippen LogP contribution in [0.15, 0.2) is 54.6 Å². The van der Waals surface area contributed by atoms with Crippen molar-refractivity contribution < 1.29 is 34.0 Å². The van der Waals surface area contributed by atoms with E-state index in [2.05, 4.69) is 5.32 Å². The van der Waals surface area contributed by atoms with E-state index in [0.29, 0.717) is 23.5 Å². The lowest BCUT2D eigenvalue weighted by molar-refractivity contribution is -0.0509. The Morgan fingerprint density at radius 2 is 1.70 bits per heavy atom. The molecule has 0 saturated carbocycles. The number of alkyl carbamates (subject to hydrolysis) is 1. The number of imide groups is 1. The molecule has 0 saturated heterocycles. The van der Waals surface area contributed by atoms with E-state index in [0.717, 1.165) is 0 Å². The molecule has 30 heavy (non-hydrogen) atoms. The van der Waals surface area contributed by atoms with Crippen LogP contribution in [0.4, 0.5) is 4.79 Å². The lowest BCUT2D eigenvalue weighted by Gasteiger charge is -2.27. The number of carbonyl (C=O) groups excluding carboxylic acids is 2. The van der Waals surface area contributed by atoms with Gasteiger partial charge in [-0.25, -0.2) is 4.79 Å². The summed E-state index contributed by atoms with van der Waals surface area (Å²) in [7, 11) is 0. The molecule has 2 aromatic carbocycles. The molecule has 2 rings (SSSR count). The molecule has 0 aliphatic rings. The molecule has 3 N–H and O–H groups in total. The number of hydrogen-bond donors (Lipinski definition) is 3. The molecule has 0 aliphatic carbocycles. The predicted molar refractivity (Wildman–Crippen MR) is 109 cm³/mol. The first-order chi connectivity index (χ1) is 14.6. The van der Waals surface area contributed by atoms with Crippen LogP contribution < -0.4 is 10.1 Å². The lowest BCUT2D eigenvalue weighted by atomic mass is 10.0. The number of ether oxygens (including phenoxy) is 3. The number of amides is 2. The van der Waals surface area contributed by atoms with Gasteiger partial charge in [-0.15, -0.1) is 0 Å². The average molecular weight is 417 g/mol. The molecule has 162 valence electrons. The second kappa shape index (κ2) is 12.6. The van der Waals surface area contributed by atoms with Crippen molar-refractivity contribution in [2.45, 2.75) is 25.6 Å². The molecule has 2 amide bonds. The summed E-state index contributed by atoms with van der Waals surface area (Å²) in [4.78, 5) is 24.6. The number of hydrogen-bond acceptors (Lipinski definition) is 7. The van der Waals surface area contributed by atoms with Crippen LogP contribution in [0.5, 0.6) is 5.75 Å². The van der Waals surface area contributed by atoms with Crippen molar-refractivity contribution in [3.05, 3.63) is 65.7 Å². The van der Waals surface area contributed by atoms with Crippen molar-refractivity contribution in [2.24, 2.45) is 0 Å². The summed E-state index contributed by atoms with van der Waals surface area (Å²) in [6.07, 6.45) is -2.15. The van der Waals surface area contributed by atoms with E-state index in [1.54, 1.807) is 61.5 Å². The smallest absolute Gasteiger partial charge is 0.414 e. The van der Waals surface area contributed by atoms with Gasteiger partial charge >= 0.3 is 6.09 Å². The third-order valence-electron chi connectivity index (χ3n) is 4.19.